The van der Waals surface area contributed by atoms with E-state index in [2.05, 4.69) is 5.92 Å². The minimum atomic E-state index is 0.369. The van der Waals surface area contributed by atoms with E-state index < -0.39 is 0 Å². The molecule has 1 N–H and O–H groups in total. The quantitative estimate of drug-likeness (QED) is 0.568. The molecule has 0 amide bonds. The number of aliphatic hydroxyl groups excluding tert-OH is 1. The molecule has 84 valence electrons. The Morgan fingerprint density at radius 2 is 1.93 bits per heavy atom. The molecule has 1 aliphatic rings. The molecule has 0 unspecified atom stereocenters. The summed E-state index contributed by atoms with van der Waals surface area (Å²) >= 11 is 0. The molecule has 0 spiro atoms. The third-order valence-corrected chi connectivity index (χ3v) is 2.78. The van der Waals surface area contributed by atoms with Crippen LogP contribution in [-0.2, 0) is 4.74 Å². The van der Waals surface area contributed by atoms with Crippen LogP contribution >= 0.6 is 0 Å². The van der Waals surface area contributed by atoms with E-state index in [-0.39, 0.29) is 0 Å². The Balaban J connectivity index is 2.34. The number of terminal acetylenes is 1. The highest BCUT2D eigenvalue weighted by atomic mass is 16.5. The summed E-state index contributed by atoms with van der Waals surface area (Å²) in [4.78, 5) is 0. The van der Waals surface area contributed by atoms with Crippen molar-refractivity contribution in [3.05, 3.63) is 11.3 Å². The number of allylic oxidation sites excluding steroid dienone is 1. The van der Waals surface area contributed by atoms with E-state index in [9.17, 15) is 5.11 Å². The summed E-state index contributed by atoms with van der Waals surface area (Å²) in [5.74, 6) is 3.03. The molecule has 0 radical (unpaired) electrons. The lowest BCUT2D eigenvalue weighted by Gasteiger charge is -2.14. The molecule has 0 saturated carbocycles. The van der Waals surface area contributed by atoms with Crippen molar-refractivity contribution in [3.63, 3.8) is 0 Å². The fraction of sp³-hybridized carbons (Fsp3) is 0.692. The molecular formula is C13H20O2. The van der Waals surface area contributed by atoms with Gasteiger partial charge in [-0.15, -0.1) is 6.42 Å². The predicted molar refractivity (Wildman–Crippen MR) is 61.6 cm³/mol. The van der Waals surface area contributed by atoms with E-state index in [0.29, 0.717) is 19.0 Å². The highest BCUT2D eigenvalue weighted by Gasteiger charge is 2.08. The van der Waals surface area contributed by atoms with E-state index in [1.54, 1.807) is 0 Å². The van der Waals surface area contributed by atoms with Crippen LogP contribution < -0.4 is 0 Å². The van der Waals surface area contributed by atoms with E-state index in [1.807, 2.05) is 0 Å². The van der Waals surface area contributed by atoms with Crippen LogP contribution in [0.5, 0.6) is 0 Å². The second kappa shape index (κ2) is 7.36. The fourth-order valence-corrected chi connectivity index (χ4v) is 1.90. The van der Waals surface area contributed by atoms with Crippen LogP contribution in [0.3, 0.4) is 0 Å². The van der Waals surface area contributed by atoms with Gasteiger partial charge < -0.3 is 9.84 Å². The van der Waals surface area contributed by atoms with Crippen molar-refractivity contribution >= 4 is 0 Å². The van der Waals surface area contributed by atoms with Gasteiger partial charge in [0.25, 0.3) is 0 Å². The van der Waals surface area contributed by atoms with Crippen LogP contribution in [0, 0.1) is 12.3 Å². The van der Waals surface area contributed by atoms with Gasteiger partial charge in [0.2, 0.25) is 0 Å². The smallest absolute Gasteiger partial charge is 0.107 e. The zero-order valence-electron chi connectivity index (χ0n) is 9.30. The lowest BCUT2D eigenvalue weighted by molar-refractivity contribution is 0.168. The number of hydrogen-bond donors (Lipinski definition) is 1. The van der Waals surface area contributed by atoms with Crippen molar-refractivity contribution < 1.29 is 9.84 Å². The molecule has 2 nitrogen and oxygen atoms in total. The standard InChI is InChI=1S/C13H20O2/c1-2-10-15-11-9-12-7-5-3-4-6-8-13(12)14/h1,14H,3-11H2. The van der Waals surface area contributed by atoms with Crippen molar-refractivity contribution in [2.75, 3.05) is 13.2 Å². The van der Waals surface area contributed by atoms with Gasteiger partial charge in [-0.25, -0.2) is 0 Å². The maximum absolute atomic E-state index is 9.81. The van der Waals surface area contributed by atoms with Gasteiger partial charge in [-0.2, -0.15) is 0 Å². The Bertz CT molecular complexity index is 248. The molecule has 0 bridgehead atoms. The van der Waals surface area contributed by atoms with Crippen molar-refractivity contribution in [1.29, 1.82) is 0 Å². The maximum atomic E-state index is 9.81. The van der Waals surface area contributed by atoms with Crippen molar-refractivity contribution in [2.24, 2.45) is 0 Å². The maximum Gasteiger partial charge on any atom is 0.107 e. The minimum Gasteiger partial charge on any atom is -0.512 e. The minimum absolute atomic E-state index is 0.369. The van der Waals surface area contributed by atoms with Crippen molar-refractivity contribution in [3.8, 4) is 12.3 Å². The van der Waals surface area contributed by atoms with Gasteiger partial charge in [0.15, 0.2) is 0 Å². The SMILES string of the molecule is C#CCOCCC1=C(O)CCCCCC1. The van der Waals surface area contributed by atoms with E-state index >= 15 is 0 Å². The molecule has 1 aliphatic carbocycles. The first kappa shape index (κ1) is 12.1. The summed E-state index contributed by atoms with van der Waals surface area (Å²) in [5.41, 5.74) is 1.17. The van der Waals surface area contributed by atoms with Crippen LogP contribution in [0.15, 0.2) is 11.3 Å². The number of ether oxygens (including phenoxy) is 1. The summed E-state index contributed by atoms with van der Waals surface area (Å²) in [6.07, 6.45) is 12.6. The van der Waals surface area contributed by atoms with Gasteiger partial charge in [-0.1, -0.05) is 18.8 Å². The molecular weight excluding hydrogens is 188 g/mol. The number of aliphatic hydroxyl groups is 1. The first-order chi connectivity index (χ1) is 7.34. The largest absolute Gasteiger partial charge is 0.512 e. The van der Waals surface area contributed by atoms with Crippen LogP contribution in [0.1, 0.15) is 44.9 Å². The Morgan fingerprint density at radius 1 is 1.20 bits per heavy atom. The Kier molecular flexibility index (Phi) is 5.96. The molecule has 0 aromatic rings. The van der Waals surface area contributed by atoms with E-state index in [0.717, 1.165) is 25.7 Å². The average Bonchev–Trinajstić information content (AvgIpc) is 2.22. The summed E-state index contributed by atoms with van der Waals surface area (Å²) in [5, 5.41) is 9.81. The van der Waals surface area contributed by atoms with E-state index in [4.69, 9.17) is 11.2 Å². The topological polar surface area (TPSA) is 29.5 Å². The van der Waals surface area contributed by atoms with Gasteiger partial charge in [0.05, 0.1) is 12.4 Å². The van der Waals surface area contributed by atoms with Crippen LogP contribution in [0.25, 0.3) is 0 Å². The molecule has 0 fully saturated rings. The fourth-order valence-electron chi connectivity index (χ4n) is 1.90. The van der Waals surface area contributed by atoms with Gasteiger partial charge in [-0.3, -0.25) is 0 Å². The summed E-state index contributed by atoms with van der Waals surface area (Å²) in [7, 11) is 0. The first-order valence-electron chi connectivity index (χ1n) is 5.75. The highest BCUT2D eigenvalue weighted by Crippen LogP contribution is 2.23. The summed E-state index contributed by atoms with van der Waals surface area (Å²) in [6, 6.07) is 0. The Hall–Kier alpha value is -0.940. The molecule has 0 heterocycles. The summed E-state index contributed by atoms with van der Waals surface area (Å²) < 4.78 is 5.22. The lowest BCUT2D eigenvalue weighted by atomic mass is 9.97. The lowest BCUT2D eigenvalue weighted by Crippen LogP contribution is -2.02. The summed E-state index contributed by atoms with van der Waals surface area (Å²) in [6.45, 7) is 0.998. The van der Waals surface area contributed by atoms with Gasteiger partial charge in [0.1, 0.15) is 6.61 Å². The molecule has 0 aromatic heterocycles. The van der Waals surface area contributed by atoms with Gasteiger partial charge >= 0.3 is 0 Å². The molecule has 0 aromatic carbocycles. The zero-order chi connectivity index (χ0) is 10.9. The second-order valence-corrected chi connectivity index (χ2v) is 3.97. The van der Waals surface area contributed by atoms with Crippen LogP contribution in [-0.4, -0.2) is 18.3 Å². The Morgan fingerprint density at radius 3 is 2.67 bits per heavy atom. The number of hydrogen-bond acceptors (Lipinski definition) is 2. The third kappa shape index (κ3) is 4.90. The Labute approximate surface area is 92.3 Å². The molecule has 2 heteroatoms. The van der Waals surface area contributed by atoms with Gasteiger partial charge in [-0.05, 0) is 31.3 Å². The predicted octanol–water partition coefficient (Wildman–Crippen LogP) is 3.19. The number of rotatable bonds is 4. The molecule has 0 atom stereocenters. The molecule has 0 aliphatic heterocycles. The molecule has 1 rings (SSSR count). The zero-order valence-corrected chi connectivity index (χ0v) is 9.30. The third-order valence-electron chi connectivity index (χ3n) is 2.78. The van der Waals surface area contributed by atoms with Crippen molar-refractivity contribution in [2.45, 2.75) is 44.9 Å². The van der Waals surface area contributed by atoms with Gasteiger partial charge in [0, 0.05) is 6.42 Å². The average molecular weight is 208 g/mol. The first-order valence-corrected chi connectivity index (χ1v) is 5.75. The molecule has 0 saturated heterocycles. The van der Waals surface area contributed by atoms with Crippen molar-refractivity contribution in [1.82, 2.24) is 0 Å². The van der Waals surface area contributed by atoms with E-state index in [1.165, 1.54) is 24.8 Å². The normalized spacial score (nSPS) is 18.1. The monoisotopic (exact) mass is 208 g/mol. The second-order valence-electron chi connectivity index (χ2n) is 3.97. The highest BCUT2D eigenvalue weighted by molar-refractivity contribution is 5.08. The molecule has 15 heavy (non-hydrogen) atoms. The van der Waals surface area contributed by atoms with Crippen LogP contribution in [0.4, 0.5) is 0 Å². The van der Waals surface area contributed by atoms with Crippen LogP contribution in [0.2, 0.25) is 0 Å².